The second-order valence-corrected chi connectivity index (χ2v) is 5.88. The monoisotopic (exact) mass is 282 g/mol. The maximum Gasteiger partial charge on any atom is 0.122 e. The molecule has 3 unspecified atom stereocenters. The van der Waals surface area contributed by atoms with Crippen LogP contribution < -0.4 is 4.74 Å². The van der Waals surface area contributed by atoms with Gasteiger partial charge in [-0.25, -0.2) is 0 Å². The average Bonchev–Trinajstić information content (AvgIpc) is 3.13. The molecule has 1 aromatic rings. The Hall–Kier alpha value is -0.730. The van der Waals surface area contributed by atoms with Crippen LogP contribution in [0.5, 0.6) is 5.75 Å². The van der Waals surface area contributed by atoms with Gasteiger partial charge in [-0.05, 0) is 49.8 Å². The van der Waals surface area contributed by atoms with Gasteiger partial charge in [0.05, 0.1) is 19.3 Å². The number of methoxy groups -OCH3 is 1. The lowest BCUT2D eigenvalue weighted by molar-refractivity contribution is 0.350. The molecule has 1 saturated heterocycles. The minimum Gasteiger partial charge on any atom is -0.496 e. The van der Waals surface area contributed by atoms with Crippen molar-refractivity contribution in [3.63, 3.8) is 0 Å². The molecule has 0 spiro atoms. The van der Waals surface area contributed by atoms with Crippen LogP contribution in [-0.4, -0.2) is 19.3 Å². The van der Waals surface area contributed by atoms with Crippen LogP contribution in [0.4, 0.5) is 0 Å². The van der Waals surface area contributed by atoms with Crippen molar-refractivity contribution < 1.29 is 9.47 Å². The normalized spacial score (nSPS) is 23.3. The summed E-state index contributed by atoms with van der Waals surface area (Å²) in [5.41, 5.74) is 3.43. The van der Waals surface area contributed by atoms with Crippen LogP contribution in [0.1, 0.15) is 49.3 Å². The van der Waals surface area contributed by atoms with E-state index < -0.39 is 0 Å². The van der Waals surface area contributed by atoms with Crippen molar-refractivity contribution in [3.8, 4) is 5.75 Å². The molecule has 0 saturated carbocycles. The maximum absolute atomic E-state index is 6.38. The molecule has 19 heavy (non-hydrogen) atoms. The first-order chi connectivity index (χ1) is 8.99. The quantitative estimate of drug-likeness (QED) is 0.734. The Kier molecular flexibility index (Phi) is 4.42. The molecule has 1 fully saturated rings. The predicted octanol–water partition coefficient (Wildman–Crippen LogP) is 4.64. The summed E-state index contributed by atoms with van der Waals surface area (Å²) >= 11 is 6.38. The number of halogens is 1. The molecule has 1 aliphatic rings. The van der Waals surface area contributed by atoms with Crippen molar-refractivity contribution in [2.75, 3.05) is 7.11 Å². The second kappa shape index (κ2) is 5.72. The second-order valence-electron chi connectivity index (χ2n) is 5.51. The molecule has 3 atom stereocenters. The number of rotatable bonds is 5. The highest BCUT2D eigenvalue weighted by Crippen LogP contribution is 2.41. The van der Waals surface area contributed by atoms with Gasteiger partial charge in [-0.2, -0.15) is 0 Å². The molecule has 0 amide bonds. The third-order valence-electron chi connectivity index (χ3n) is 4.08. The summed E-state index contributed by atoms with van der Waals surface area (Å²) in [6.07, 6.45) is 3.00. The third kappa shape index (κ3) is 2.90. The van der Waals surface area contributed by atoms with Crippen LogP contribution in [0.3, 0.4) is 0 Å². The zero-order chi connectivity index (χ0) is 14.2. The Labute approximate surface area is 121 Å². The van der Waals surface area contributed by atoms with Crippen molar-refractivity contribution in [1.29, 1.82) is 0 Å². The molecule has 1 aliphatic heterocycles. The highest BCUT2D eigenvalue weighted by atomic mass is 35.5. The number of aryl methyl sites for hydroxylation is 1. The largest absolute Gasteiger partial charge is 0.496 e. The van der Waals surface area contributed by atoms with E-state index in [9.17, 15) is 0 Å². The smallest absolute Gasteiger partial charge is 0.122 e. The summed E-state index contributed by atoms with van der Waals surface area (Å²) < 4.78 is 11.2. The maximum atomic E-state index is 6.38. The standard InChI is InChI=1S/C16H23ClO2/c1-6-12-13(19-12)7-9(2)15-11(4)16(17)10(3)8-14(15)18-5/h8-9,12-13H,6-7H2,1-5H3. The topological polar surface area (TPSA) is 21.8 Å². The van der Waals surface area contributed by atoms with Crippen LogP contribution in [0.2, 0.25) is 5.02 Å². The van der Waals surface area contributed by atoms with E-state index in [0.717, 1.165) is 34.7 Å². The Bertz CT molecular complexity index is 470. The lowest BCUT2D eigenvalue weighted by Gasteiger charge is -2.20. The molecule has 1 aromatic carbocycles. The minimum absolute atomic E-state index is 0.398. The first-order valence-corrected chi connectivity index (χ1v) is 7.36. The van der Waals surface area contributed by atoms with Crippen LogP contribution in [0.15, 0.2) is 6.07 Å². The fraction of sp³-hybridized carbons (Fsp3) is 0.625. The Balaban J connectivity index is 2.25. The molecule has 3 heteroatoms. The van der Waals surface area contributed by atoms with Crippen LogP contribution in [-0.2, 0) is 4.74 Å². The molecule has 2 nitrogen and oxygen atoms in total. The first-order valence-electron chi connectivity index (χ1n) is 6.98. The van der Waals surface area contributed by atoms with Gasteiger partial charge in [-0.1, -0.05) is 25.4 Å². The van der Waals surface area contributed by atoms with E-state index in [2.05, 4.69) is 20.8 Å². The van der Waals surface area contributed by atoms with Crippen molar-refractivity contribution in [3.05, 3.63) is 27.8 Å². The highest BCUT2D eigenvalue weighted by Gasteiger charge is 2.38. The number of hydrogen-bond acceptors (Lipinski definition) is 2. The zero-order valence-corrected chi connectivity index (χ0v) is 13.2. The SMILES string of the molecule is CCC1OC1CC(C)c1c(OC)cc(C)c(Cl)c1C. The van der Waals surface area contributed by atoms with Gasteiger partial charge in [0.25, 0.3) is 0 Å². The number of benzene rings is 1. The zero-order valence-electron chi connectivity index (χ0n) is 12.4. The summed E-state index contributed by atoms with van der Waals surface area (Å²) in [6.45, 7) is 8.49. The van der Waals surface area contributed by atoms with E-state index in [4.69, 9.17) is 21.1 Å². The molecule has 0 N–H and O–H groups in total. The summed E-state index contributed by atoms with van der Waals surface area (Å²) in [5.74, 6) is 1.34. The van der Waals surface area contributed by atoms with Crippen LogP contribution in [0, 0.1) is 13.8 Å². The Morgan fingerprint density at radius 2 is 2.05 bits per heavy atom. The van der Waals surface area contributed by atoms with Crippen molar-refractivity contribution >= 4 is 11.6 Å². The van der Waals surface area contributed by atoms with Gasteiger partial charge in [0.15, 0.2) is 0 Å². The summed E-state index contributed by atoms with van der Waals surface area (Å²) in [5, 5.41) is 0.853. The van der Waals surface area contributed by atoms with Crippen molar-refractivity contribution in [2.24, 2.45) is 0 Å². The highest BCUT2D eigenvalue weighted by molar-refractivity contribution is 6.32. The van der Waals surface area contributed by atoms with E-state index in [1.807, 2.05) is 13.0 Å². The fourth-order valence-corrected chi connectivity index (χ4v) is 3.09. The average molecular weight is 283 g/mol. The van der Waals surface area contributed by atoms with Gasteiger partial charge >= 0.3 is 0 Å². The molecule has 2 rings (SSSR count). The lowest BCUT2D eigenvalue weighted by Crippen LogP contribution is -2.06. The van der Waals surface area contributed by atoms with Gasteiger partial charge in [0, 0.05) is 10.6 Å². The van der Waals surface area contributed by atoms with Crippen molar-refractivity contribution in [2.45, 2.75) is 58.7 Å². The molecule has 0 aliphatic carbocycles. The van der Waals surface area contributed by atoms with Gasteiger partial charge in [-0.15, -0.1) is 0 Å². The molecule has 0 aromatic heterocycles. The molecular formula is C16H23ClO2. The molecule has 106 valence electrons. The first kappa shape index (κ1) is 14.7. The van der Waals surface area contributed by atoms with E-state index in [1.54, 1.807) is 7.11 Å². The van der Waals surface area contributed by atoms with E-state index in [1.165, 1.54) is 5.56 Å². The third-order valence-corrected chi connectivity index (χ3v) is 4.66. The van der Waals surface area contributed by atoms with Crippen LogP contribution in [0.25, 0.3) is 0 Å². The number of hydrogen-bond donors (Lipinski definition) is 0. The lowest BCUT2D eigenvalue weighted by atomic mass is 9.89. The van der Waals surface area contributed by atoms with Gasteiger partial charge in [0.1, 0.15) is 5.75 Å². The van der Waals surface area contributed by atoms with Gasteiger partial charge in [-0.3, -0.25) is 0 Å². The van der Waals surface area contributed by atoms with Gasteiger partial charge < -0.3 is 9.47 Å². The van der Waals surface area contributed by atoms with E-state index >= 15 is 0 Å². The van der Waals surface area contributed by atoms with Gasteiger partial charge in [0.2, 0.25) is 0 Å². The Morgan fingerprint density at radius 1 is 1.37 bits per heavy atom. The molecule has 0 radical (unpaired) electrons. The Morgan fingerprint density at radius 3 is 2.58 bits per heavy atom. The van der Waals surface area contributed by atoms with E-state index in [0.29, 0.717) is 18.1 Å². The number of ether oxygens (including phenoxy) is 2. The molecular weight excluding hydrogens is 260 g/mol. The fourth-order valence-electron chi connectivity index (χ4n) is 2.93. The summed E-state index contributed by atoms with van der Waals surface area (Å²) in [6, 6.07) is 2.03. The minimum atomic E-state index is 0.398. The van der Waals surface area contributed by atoms with E-state index in [-0.39, 0.29) is 0 Å². The van der Waals surface area contributed by atoms with Crippen LogP contribution >= 0.6 is 11.6 Å². The summed E-state index contributed by atoms with van der Waals surface area (Å²) in [7, 11) is 1.72. The molecule has 0 bridgehead atoms. The predicted molar refractivity (Wildman–Crippen MR) is 79.5 cm³/mol. The number of epoxide rings is 1. The summed E-state index contributed by atoms with van der Waals surface area (Å²) in [4.78, 5) is 0. The van der Waals surface area contributed by atoms with Crippen molar-refractivity contribution in [1.82, 2.24) is 0 Å². The molecule has 1 heterocycles.